The van der Waals surface area contributed by atoms with E-state index in [1.54, 1.807) is 0 Å². The molecule has 0 aliphatic heterocycles. The molecule has 0 aliphatic carbocycles. The molecule has 5 nitrogen and oxygen atoms in total. The molecular weight excluding hydrogens is 194 g/mol. The lowest BCUT2D eigenvalue weighted by molar-refractivity contribution is 0.240. The van der Waals surface area contributed by atoms with Gasteiger partial charge in [-0.2, -0.15) is 0 Å². The van der Waals surface area contributed by atoms with Crippen molar-refractivity contribution in [3.05, 3.63) is 0 Å². The summed E-state index contributed by atoms with van der Waals surface area (Å²) < 4.78 is 0. The molecule has 0 radical (unpaired) electrons. The van der Waals surface area contributed by atoms with Crippen LogP contribution in [0.4, 0.5) is 4.79 Å². The molecule has 2 N–H and O–H groups in total. The van der Waals surface area contributed by atoms with Crippen LogP contribution in [-0.4, -0.2) is 31.7 Å². The first-order valence-corrected chi connectivity index (χ1v) is 5.36. The number of isocyanates is 1. The molecule has 0 heterocycles. The van der Waals surface area contributed by atoms with Gasteiger partial charge in [-0.25, -0.2) is 14.6 Å². The van der Waals surface area contributed by atoms with E-state index in [1.165, 1.54) is 6.08 Å². The van der Waals surface area contributed by atoms with Gasteiger partial charge in [-0.05, 0) is 19.3 Å². The van der Waals surface area contributed by atoms with Crippen LogP contribution >= 0.6 is 0 Å². The number of rotatable bonds is 8. The Bertz CT molecular complexity index is 213. The number of nitrogens with zero attached hydrogens (tertiary/aromatic N) is 1. The molecule has 2 amide bonds. The Morgan fingerprint density at radius 2 is 1.87 bits per heavy atom. The van der Waals surface area contributed by atoms with Crippen LogP contribution in [0.25, 0.3) is 0 Å². The average Bonchev–Trinajstić information content (AvgIpc) is 2.23. The van der Waals surface area contributed by atoms with Crippen LogP contribution in [0.3, 0.4) is 0 Å². The topological polar surface area (TPSA) is 70.6 Å². The minimum Gasteiger partial charge on any atom is -0.338 e. The lowest BCUT2D eigenvalue weighted by Gasteiger charge is -2.05. The number of aliphatic imine (C=N–C) groups is 1. The molecule has 0 saturated carbocycles. The maximum atomic E-state index is 11.1. The second-order valence-electron chi connectivity index (χ2n) is 3.22. The zero-order valence-electron chi connectivity index (χ0n) is 9.21. The van der Waals surface area contributed by atoms with E-state index in [0.29, 0.717) is 13.1 Å². The van der Waals surface area contributed by atoms with Gasteiger partial charge in [-0.15, -0.1) is 0 Å². The number of nitrogens with one attached hydrogen (secondary N) is 2. The highest BCUT2D eigenvalue weighted by atomic mass is 16.2. The quantitative estimate of drug-likeness (QED) is 0.361. The molecule has 0 bridgehead atoms. The summed E-state index contributed by atoms with van der Waals surface area (Å²) in [7, 11) is 0. The van der Waals surface area contributed by atoms with Crippen molar-refractivity contribution in [3.63, 3.8) is 0 Å². The fourth-order valence-electron chi connectivity index (χ4n) is 1.00. The number of unbranched alkanes of at least 4 members (excludes halogenated alkanes) is 2. The largest absolute Gasteiger partial charge is 0.338 e. The van der Waals surface area contributed by atoms with Crippen LogP contribution < -0.4 is 10.6 Å². The van der Waals surface area contributed by atoms with Gasteiger partial charge in [-0.3, -0.25) is 0 Å². The summed E-state index contributed by atoms with van der Waals surface area (Å²) in [5, 5.41) is 5.48. The molecule has 0 unspecified atom stereocenters. The molecule has 0 saturated heterocycles. The van der Waals surface area contributed by atoms with Gasteiger partial charge < -0.3 is 10.6 Å². The first-order valence-electron chi connectivity index (χ1n) is 5.36. The normalized spacial score (nSPS) is 9.13. The highest BCUT2D eigenvalue weighted by Crippen LogP contribution is 1.87. The minimum atomic E-state index is -0.123. The summed E-state index contributed by atoms with van der Waals surface area (Å²) in [5.74, 6) is 0. The number of hydrogen-bond donors (Lipinski definition) is 2. The third-order valence-electron chi connectivity index (χ3n) is 1.86. The Balaban J connectivity index is 3.20. The molecule has 15 heavy (non-hydrogen) atoms. The Kier molecular flexibility index (Phi) is 9.76. The molecule has 0 aromatic heterocycles. The van der Waals surface area contributed by atoms with E-state index in [4.69, 9.17) is 0 Å². The molecule has 0 spiro atoms. The zero-order valence-corrected chi connectivity index (χ0v) is 9.21. The summed E-state index contributed by atoms with van der Waals surface area (Å²) in [6.07, 6.45) is 5.17. The van der Waals surface area contributed by atoms with Crippen molar-refractivity contribution >= 4 is 12.1 Å². The second-order valence-corrected chi connectivity index (χ2v) is 3.22. The van der Waals surface area contributed by atoms with Gasteiger partial charge in [0, 0.05) is 13.1 Å². The van der Waals surface area contributed by atoms with E-state index in [9.17, 15) is 9.59 Å². The van der Waals surface area contributed by atoms with Gasteiger partial charge in [0.15, 0.2) is 0 Å². The van der Waals surface area contributed by atoms with Crippen molar-refractivity contribution in [2.45, 2.75) is 32.6 Å². The summed E-state index contributed by atoms with van der Waals surface area (Å²) >= 11 is 0. The zero-order chi connectivity index (χ0) is 11.4. The lowest BCUT2D eigenvalue weighted by Crippen LogP contribution is -2.36. The standard InChI is InChI=1S/C10H19N3O2/c1-2-3-7-12-10(15)13-8-5-4-6-11-9-14/h2-8H2,1H3,(H2,12,13,15). The van der Waals surface area contributed by atoms with E-state index < -0.39 is 0 Å². The Morgan fingerprint density at radius 3 is 2.47 bits per heavy atom. The average molecular weight is 213 g/mol. The minimum absolute atomic E-state index is 0.123. The van der Waals surface area contributed by atoms with Crippen molar-refractivity contribution in [1.82, 2.24) is 10.6 Å². The molecule has 5 heteroatoms. The van der Waals surface area contributed by atoms with Gasteiger partial charge in [0.05, 0.1) is 6.54 Å². The molecule has 0 aromatic carbocycles. The SMILES string of the molecule is CCCCNC(=O)NCCCCN=C=O. The predicted molar refractivity (Wildman–Crippen MR) is 58.5 cm³/mol. The number of hydrogen-bond acceptors (Lipinski definition) is 3. The van der Waals surface area contributed by atoms with Crippen LogP contribution in [0.2, 0.25) is 0 Å². The van der Waals surface area contributed by atoms with Gasteiger partial charge in [0.1, 0.15) is 0 Å². The van der Waals surface area contributed by atoms with Crippen LogP contribution in [0, 0.1) is 0 Å². The van der Waals surface area contributed by atoms with Crippen LogP contribution in [0.1, 0.15) is 32.6 Å². The third kappa shape index (κ3) is 10.6. The van der Waals surface area contributed by atoms with Crippen molar-refractivity contribution in [2.24, 2.45) is 4.99 Å². The number of amides is 2. The van der Waals surface area contributed by atoms with Crippen molar-refractivity contribution in [3.8, 4) is 0 Å². The maximum Gasteiger partial charge on any atom is 0.314 e. The predicted octanol–water partition coefficient (Wildman–Crippen LogP) is 1.20. The monoisotopic (exact) mass is 213 g/mol. The first-order chi connectivity index (χ1) is 7.31. The van der Waals surface area contributed by atoms with Crippen LogP contribution in [0.15, 0.2) is 4.99 Å². The van der Waals surface area contributed by atoms with Crippen molar-refractivity contribution < 1.29 is 9.59 Å². The summed E-state index contributed by atoms with van der Waals surface area (Å²) in [5.41, 5.74) is 0. The van der Waals surface area contributed by atoms with E-state index in [0.717, 1.165) is 32.2 Å². The summed E-state index contributed by atoms with van der Waals surface area (Å²) in [6, 6.07) is -0.123. The van der Waals surface area contributed by atoms with Gasteiger partial charge in [0.25, 0.3) is 0 Å². The summed E-state index contributed by atoms with van der Waals surface area (Å²) in [4.78, 5) is 24.2. The maximum absolute atomic E-state index is 11.1. The van der Waals surface area contributed by atoms with E-state index >= 15 is 0 Å². The summed E-state index contributed by atoms with van der Waals surface area (Å²) in [6.45, 7) is 3.90. The third-order valence-corrected chi connectivity index (χ3v) is 1.86. The molecule has 0 rings (SSSR count). The van der Waals surface area contributed by atoms with Gasteiger partial charge >= 0.3 is 6.03 Å². The smallest absolute Gasteiger partial charge is 0.314 e. The number of carbonyl (C=O) groups excluding carboxylic acids is 2. The van der Waals surface area contributed by atoms with Gasteiger partial charge in [-0.1, -0.05) is 13.3 Å². The highest BCUT2D eigenvalue weighted by molar-refractivity contribution is 5.73. The van der Waals surface area contributed by atoms with E-state index in [2.05, 4.69) is 22.5 Å². The molecule has 0 aliphatic rings. The van der Waals surface area contributed by atoms with E-state index in [1.807, 2.05) is 0 Å². The van der Waals surface area contributed by atoms with Crippen LogP contribution in [0.5, 0.6) is 0 Å². The first kappa shape index (κ1) is 13.7. The Labute approximate surface area is 90.3 Å². The fourth-order valence-corrected chi connectivity index (χ4v) is 1.00. The molecule has 86 valence electrons. The molecular formula is C10H19N3O2. The Hall–Kier alpha value is -1.35. The second kappa shape index (κ2) is 10.7. The van der Waals surface area contributed by atoms with E-state index in [-0.39, 0.29) is 6.03 Å². The van der Waals surface area contributed by atoms with Crippen molar-refractivity contribution in [2.75, 3.05) is 19.6 Å². The highest BCUT2D eigenvalue weighted by Gasteiger charge is 1.96. The fraction of sp³-hybridized carbons (Fsp3) is 0.800. The molecule has 0 aromatic rings. The van der Waals surface area contributed by atoms with Gasteiger partial charge in [0.2, 0.25) is 6.08 Å². The number of carbonyl (C=O) groups is 1. The van der Waals surface area contributed by atoms with Crippen molar-refractivity contribution in [1.29, 1.82) is 0 Å². The van der Waals surface area contributed by atoms with Crippen LogP contribution in [-0.2, 0) is 4.79 Å². The molecule has 0 atom stereocenters. The Morgan fingerprint density at radius 1 is 1.20 bits per heavy atom. The lowest BCUT2D eigenvalue weighted by atomic mass is 10.3. The number of urea groups is 1. The molecule has 0 fully saturated rings.